The summed E-state index contributed by atoms with van der Waals surface area (Å²) in [5.41, 5.74) is 12.4. The van der Waals surface area contributed by atoms with Crippen LogP contribution in [-0.2, 0) is 0 Å². The molecule has 10 aromatic carbocycles. The van der Waals surface area contributed by atoms with Crippen LogP contribution in [0.4, 0.5) is 34.1 Å². The van der Waals surface area contributed by atoms with Crippen LogP contribution in [0.25, 0.3) is 55.0 Å². The van der Waals surface area contributed by atoms with Crippen LogP contribution >= 0.6 is 0 Å². The second-order valence-electron chi connectivity index (χ2n) is 16.8. The molecule has 0 atom stereocenters. The lowest BCUT2D eigenvalue weighted by Crippen LogP contribution is -2.77. The van der Waals surface area contributed by atoms with E-state index in [1.807, 2.05) is 24.3 Å². The van der Waals surface area contributed by atoms with Crippen molar-refractivity contribution >= 4 is 107 Å². The van der Waals surface area contributed by atoms with Crippen LogP contribution in [0.15, 0.2) is 251 Å². The van der Waals surface area contributed by atoms with E-state index in [4.69, 9.17) is 8.83 Å². The minimum absolute atomic E-state index is 0.847. The second kappa shape index (κ2) is 14.9. The molecule has 4 nitrogen and oxygen atoms in total. The molecule has 0 radical (unpaired) electrons. The van der Waals surface area contributed by atoms with Crippen molar-refractivity contribution in [3.8, 4) is 11.1 Å². The summed E-state index contributed by atoms with van der Waals surface area (Å²) in [4.78, 5) is 4.76. The molecule has 5 heteroatoms. The highest BCUT2D eigenvalue weighted by atomic mass is 28.3. The van der Waals surface area contributed by atoms with E-state index in [0.717, 1.165) is 72.2 Å². The van der Waals surface area contributed by atoms with Gasteiger partial charge in [-0.2, -0.15) is 0 Å². The van der Waals surface area contributed by atoms with Crippen LogP contribution in [0.1, 0.15) is 0 Å². The third-order valence-electron chi connectivity index (χ3n) is 13.3. The predicted octanol–water partition coefficient (Wildman–Crippen LogP) is 13.8. The van der Waals surface area contributed by atoms with E-state index in [2.05, 4.69) is 228 Å². The van der Waals surface area contributed by atoms with Crippen LogP contribution in [0.2, 0.25) is 0 Å². The molecule has 0 saturated carbocycles. The van der Waals surface area contributed by atoms with Crippen LogP contribution < -0.4 is 30.5 Å². The smallest absolute Gasteiger partial charge is 0.184 e. The van der Waals surface area contributed by atoms with E-state index >= 15 is 0 Å². The first-order valence-corrected chi connectivity index (χ1v) is 24.2. The molecule has 1 aliphatic rings. The van der Waals surface area contributed by atoms with E-state index in [1.54, 1.807) is 0 Å². The Morgan fingerprint density at radius 1 is 0.323 bits per heavy atom. The zero-order valence-corrected chi connectivity index (χ0v) is 36.3. The lowest BCUT2D eigenvalue weighted by atomic mass is 10.0. The summed E-state index contributed by atoms with van der Waals surface area (Å²) in [6.45, 7) is 0. The zero-order chi connectivity index (χ0) is 42.9. The van der Waals surface area contributed by atoms with E-state index < -0.39 is 8.07 Å². The molecular formula is C60H40N2O2Si. The molecule has 0 amide bonds. The lowest BCUT2D eigenvalue weighted by molar-refractivity contribution is 0.669. The molecule has 3 heterocycles. The predicted molar refractivity (Wildman–Crippen MR) is 273 cm³/mol. The first-order chi connectivity index (χ1) is 32.2. The summed E-state index contributed by atoms with van der Waals surface area (Å²) in [6, 6.07) is 88.0. The number of anilines is 6. The minimum Gasteiger partial charge on any atom is -0.456 e. The second-order valence-corrected chi connectivity index (χ2v) is 20.6. The van der Waals surface area contributed by atoms with Gasteiger partial charge in [0.05, 0.1) is 0 Å². The van der Waals surface area contributed by atoms with Crippen LogP contribution in [-0.4, -0.2) is 8.07 Å². The summed E-state index contributed by atoms with van der Waals surface area (Å²) in [6.07, 6.45) is 0. The fourth-order valence-electron chi connectivity index (χ4n) is 10.4. The highest BCUT2D eigenvalue weighted by Crippen LogP contribution is 2.43. The quantitative estimate of drug-likeness (QED) is 0.150. The first-order valence-electron chi connectivity index (χ1n) is 22.2. The molecule has 0 unspecified atom stereocenters. The van der Waals surface area contributed by atoms with Gasteiger partial charge < -0.3 is 18.6 Å². The van der Waals surface area contributed by atoms with Gasteiger partial charge >= 0.3 is 0 Å². The molecule has 0 fully saturated rings. The molecule has 2 aromatic heterocycles. The average Bonchev–Trinajstić information content (AvgIpc) is 3.94. The van der Waals surface area contributed by atoms with Gasteiger partial charge in [0, 0.05) is 67.8 Å². The maximum Gasteiger partial charge on any atom is 0.184 e. The van der Waals surface area contributed by atoms with Crippen molar-refractivity contribution < 1.29 is 8.83 Å². The van der Waals surface area contributed by atoms with Gasteiger partial charge in [-0.25, -0.2) is 0 Å². The number of nitrogens with zero attached hydrogens (tertiary/aromatic N) is 2. The molecule has 0 bridgehead atoms. The van der Waals surface area contributed by atoms with Crippen LogP contribution in [0, 0.1) is 0 Å². The number of hydrogen-bond acceptors (Lipinski definition) is 4. The zero-order valence-electron chi connectivity index (χ0n) is 35.3. The summed E-state index contributed by atoms with van der Waals surface area (Å²) < 4.78 is 12.9. The van der Waals surface area contributed by atoms with E-state index in [0.29, 0.717) is 0 Å². The van der Waals surface area contributed by atoms with E-state index in [1.165, 1.54) is 37.7 Å². The van der Waals surface area contributed by atoms with Crippen molar-refractivity contribution in [3.05, 3.63) is 243 Å². The SMILES string of the molecule is c1ccc(N2c3ccccc3[Si](c3ccccc3)(c3ccccc3)c3cc(-c4ccc(N(c5ccc6c(c5)oc5ccccc56)c5ccc6c(c5)oc5ccccc56)cc4)ccc32)cc1. The third-order valence-corrected chi connectivity index (χ3v) is 18.2. The van der Waals surface area contributed by atoms with Crippen molar-refractivity contribution in [1.29, 1.82) is 0 Å². The number of benzene rings is 10. The Balaban J connectivity index is 0.989. The number of fused-ring (bicyclic) bond motifs is 8. The molecule has 306 valence electrons. The molecule has 13 rings (SSSR count). The lowest BCUT2D eigenvalue weighted by Gasteiger charge is -2.45. The standard InChI is InChI=1S/C60H40N2O2Si/c1-4-16-43(17-5-1)62-53-24-12-15-27-59(53)65(47-18-6-2-7-19-47,48-20-8-3-9-21-48)60-38-42(30-37-54(60)62)41-28-31-44(32-29-41)61(45-33-35-51-49-22-10-13-25-55(49)63-57(51)39-45)46-34-36-52-50-23-11-14-26-56(50)64-58(52)40-46/h1-40H. The van der Waals surface area contributed by atoms with Gasteiger partial charge in [-0.05, 0) is 105 Å². The minimum atomic E-state index is -2.87. The highest BCUT2D eigenvalue weighted by molar-refractivity contribution is 7.21. The largest absolute Gasteiger partial charge is 0.456 e. The summed E-state index contributed by atoms with van der Waals surface area (Å²) in [7, 11) is -2.87. The molecule has 0 N–H and O–H groups in total. The van der Waals surface area contributed by atoms with Crippen molar-refractivity contribution in [2.24, 2.45) is 0 Å². The van der Waals surface area contributed by atoms with E-state index in [9.17, 15) is 0 Å². The molecule has 65 heavy (non-hydrogen) atoms. The third kappa shape index (κ3) is 5.83. The molecule has 12 aromatic rings. The van der Waals surface area contributed by atoms with Crippen molar-refractivity contribution in [1.82, 2.24) is 0 Å². The highest BCUT2D eigenvalue weighted by Gasteiger charge is 2.49. The number of hydrogen-bond donors (Lipinski definition) is 0. The number of furan rings is 2. The number of para-hydroxylation sites is 4. The first kappa shape index (κ1) is 37.2. The Labute approximate surface area is 377 Å². The Bertz CT molecular complexity index is 3580. The Kier molecular flexibility index (Phi) is 8.51. The normalized spacial score (nSPS) is 13.0. The Morgan fingerprint density at radius 3 is 1.38 bits per heavy atom. The molecule has 1 aliphatic heterocycles. The molecule has 0 spiro atoms. The molecule has 0 saturated heterocycles. The fourth-order valence-corrected chi connectivity index (χ4v) is 15.6. The summed E-state index contributed by atoms with van der Waals surface area (Å²) in [5.74, 6) is 0. The summed E-state index contributed by atoms with van der Waals surface area (Å²) in [5, 5.41) is 9.87. The monoisotopic (exact) mass is 848 g/mol. The van der Waals surface area contributed by atoms with Crippen LogP contribution in [0.3, 0.4) is 0 Å². The topological polar surface area (TPSA) is 32.8 Å². The Morgan fingerprint density at radius 2 is 0.785 bits per heavy atom. The van der Waals surface area contributed by atoms with Crippen molar-refractivity contribution in [2.45, 2.75) is 0 Å². The average molecular weight is 849 g/mol. The maximum atomic E-state index is 6.44. The van der Waals surface area contributed by atoms with Crippen LogP contribution in [0.5, 0.6) is 0 Å². The maximum absolute atomic E-state index is 6.44. The number of rotatable bonds is 7. The van der Waals surface area contributed by atoms with Gasteiger partial charge in [0.15, 0.2) is 8.07 Å². The van der Waals surface area contributed by atoms with Gasteiger partial charge in [0.1, 0.15) is 22.3 Å². The fraction of sp³-hybridized carbons (Fsp3) is 0. The van der Waals surface area contributed by atoms with Gasteiger partial charge in [-0.3, -0.25) is 0 Å². The van der Waals surface area contributed by atoms with Gasteiger partial charge in [-0.1, -0.05) is 158 Å². The van der Waals surface area contributed by atoms with E-state index in [-0.39, 0.29) is 0 Å². The van der Waals surface area contributed by atoms with Crippen molar-refractivity contribution in [2.75, 3.05) is 9.80 Å². The molecular weight excluding hydrogens is 809 g/mol. The summed E-state index contributed by atoms with van der Waals surface area (Å²) >= 11 is 0. The Hall–Kier alpha value is -8.38. The van der Waals surface area contributed by atoms with Gasteiger partial charge in [-0.15, -0.1) is 0 Å². The molecule has 0 aliphatic carbocycles. The van der Waals surface area contributed by atoms with Crippen molar-refractivity contribution in [3.63, 3.8) is 0 Å². The van der Waals surface area contributed by atoms with Gasteiger partial charge in [0.25, 0.3) is 0 Å². The van der Waals surface area contributed by atoms with Gasteiger partial charge in [0.2, 0.25) is 0 Å².